The van der Waals surface area contributed by atoms with E-state index in [0.717, 1.165) is 35.3 Å². The van der Waals surface area contributed by atoms with Crippen LogP contribution in [0.4, 0.5) is 0 Å². The van der Waals surface area contributed by atoms with Crippen molar-refractivity contribution in [2.75, 3.05) is 0 Å². The number of halogens is 2. The minimum Gasteiger partial charge on any atom is -0.344 e. The number of rotatable bonds is 7. The van der Waals surface area contributed by atoms with Crippen molar-refractivity contribution in [1.29, 1.82) is 0 Å². The maximum absolute atomic E-state index is 6.19. The van der Waals surface area contributed by atoms with Crippen molar-refractivity contribution < 1.29 is 0 Å². The van der Waals surface area contributed by atoms with Crippen LogP contribution >= 0.6 is 27.5 Å². The Bertz CT molecular complexity index is 583. The Morgan fingerprint density at radius 2 is 2.24 bits per heavy atom. The number of H-pyrrole nitrogens is 1. The lowest BCUT2D eigenvalue weighted by Crippen LogP contribution is -2.18. The van der Waals surface area contributed by atoms with Crippen molar-refractivity contribution >= 4 is 27.5 Å². The molecule has 0 radical (unpaired) electrons. The van der Waals surface area contributed by atoms with Crippen molar-refractivity contribution in [3.05, 3.63) is 51.0 Å². The van der Waals surface area contributed by atoms with E-state index in [-0.39, 0.29) is 6.04 Å². The Labute approximate surface area is 139 Å². The van der Waals surface area contributed by atoms with Crippen molar-refractivity contribution in [3.63, 3.8) is 0 Å². The summed E-state index contributed by atoms with van der Waals surface area (Å²) in [6.45, 7) is 5.00. The molecule has 2 N–H and O–H groups in total. The third-order valence-electron chi connectivity index (χ3n) is 3.48. The Morgan fingerprint density at radius 3 is 2.95 bits per heavy atom. The zero-order valence-electron chi connectivity index (χ0n) is 12.4. The molecule has 5 heteroatoms. The fourth-order valence-electron chi connectivity index (χ4n) is 2.17. The predicted octanol–water partition coefficient (Wildman–Crippen LogP) is 5.02. The summed E-state index contributed by atoms with van der Waals surface area (Å²) >= 11 is 9.69. The summed E-state index contributed by atoms with van der Waals surface area (Å²) in [4.78, 5) is 7.69. The highest BCUT2D eigenvalue weighted by Gasteiger charge is 2.10. The van der Waals surface area contributed by atoms with E-state index in [4.69, 9.17) is 11.6 Å². The van der Waals surface area contributed by atoms with E-state index >= 15 is 0 Å². The maximum Gasteiger partial charge on any atom is 0.151 e. The summed E-state index contributed by atoms with van der Waals surface area (Å²) in [5, 5.41) is 4.05. The van der Waals surface area contributed by atoms with Gasteiger partial charge in [0.25, 0.3) is 0 Å². The molecule has 1 aromatic heterocycles. The van der Waals surface area contributed by atoms with Gasteiger partial charge in [0.05, 0.1) is 5.69 Å². The zero-order valence-corrected chi connectivity index (χ0v) is 14.8. The van der Waals surface area contributed by atoms with Gasteiger partial charge < -0.3 is 10.3 Å². The van der Waals surface area contributed by atoms with E-state index in [0.29, 0.717) is 11.7 Å². The minimum atomic E-state index is 0.251. The number of unbranched alkanes of at least 4 members (excludes halogenated alkanes) is 1. The number of aromatic amines is 1. The fourth-order valence-corrected chi connectivity index (χ4v) is 2.80. The maximum atomic E-state index is 6.19. The van der Waals surface area contributed by atoms with Gasteiger partial charge in [-0.15, -0.1) is 0 Å². The van der Waals surface area contributed by atoms with E-state index in [9.17, 15) is 0 Å². The number of hydrogen-bond acceptors (Lipinski definition) is 2. The normalized spacial score (nSPS) is 12.6. The SMILES string of the molecule is CCCCc1nc(Cl)c(CN[C@@H](C)c2cccc(Br)c2)[nH]1. The van der Waals surface area contributed by atoms with Crippen molar-refractivity contribution in [2.45, 2.75) is 45.7 Å². The molecule has 1 atom stereocenters. The number of nitrogens with zero attached hydrogens (tertiary/aromatic N) is 1. The minimum absolute atomic E-state index is 0.251. The number of hydrogen-bond donors (Lipinski definition) is 2. The van der Waals surface area contributed by atoms with Crippen LogP contribution in [-0.4, -0.2) is 9.97 Å². The summed E-state index contributed by atoms with van der Waals surface area (Å²) in [5.74, 6) is 0.980. The summed E-state index contributed by atoms with van der Waals surface area (Å²) in [6.07, 6.45) is 3.24. The summed E-state index contributed by atoms with van der Waals surface area (Å²) in [5.41, 5.74) is 2.20. The first-order chi connectivity index (χ1) is 10.1. The van der Waals surface area contributed by atoms with Gasteiger partial charge in [0, 0.05) is 23.5 Å². The van der Waals surface area contributed by atoms with Crippen LogP contribution in [0.3, 0.4) is 0 Å². The number of aromatic nitrogens is 2. The van der Waals surface area contributed by atoms with Crippen LogP contribution in [0, 0.1) is 0 Å². The second-order valence-corrected chi connectivity index (χ2v) is 6.49. The standard InChI is InChI=1S/C16H21BrClN3/c1-3-4-8-15-20-14(16(18)21-15)10-19-11(2)12-6-5-7-13(17)9-12/h5-7,9,11,19H,3-4,8,10H2,1-2H3,(H,20,21)/t11-/m0/s1. The molecule has 0 aliphatic carbocycles. The van der Waals surface area contributed by atoms with Crippen LogP contribution < -0.4 is 5.32 Å². The van der Waals surface area contributed by atoms with Gasteiger partial charge in [-0.1, -0.05) is 53.0 Å². The zero-order chi connectivity index (χ0) is 15.2. The first kappa shape index (κ1) is 16.5. The molecule has 1 aromatic carbocycles. The van der Waals surface area contributed by atoms with E-state index in [1.54, 1.807) is 0 Å². The van der Waals surface area contributed by atoms with Gasteiger partial charge in [0.15, 0.2) is 5.15 Å². The molecule has 0 aliphatic heterocycles. The molecule has 0 saturated carbocycles. The van der Waals surface area contributed by atoms with Gasteiger partial charge in [0.2, 0.25) is 0 Å². The monoisotopic (exact) mass is 369 g/mol. The van der Waals surface area contributed by atoms with Gasteiger partial charge in [0.1, 0.15) is 5.82 Å². The molecular weight excluding hydrogens is 350 g/mol. The average molecular weight is 371 g/mol. The third-order valence-corrected chi connectivity index (χ3v) is 4.28. The average Bonchev–Trinajstić information content (AvgIpc) is 2.83. The van der Waals surface area contributed by atoms with Crippen LogP contribution in [-0.2, 0) is 13.0 Å². The summed E-state index contributed by atoms with van der Waals surface area (Å²) < 4.78 is 1.09. The number of aryl methyl sites for hydroxylation is 1. The second-order valence-electron chi connectivity index (χ2n) is 5.21. The second kappa shape index (κ2) is 7.97. The lowest BCUT2D eigenvalue weighted by molar-refractivity contribution is 0.568. The molecule has 0 saturated heterocycles. The lowest BCUT2D eigenvalue weighted by Gasteiger charge is -2.14. The van der Waals surface area contributed by atoms with Gasteiger partial charge in [-0.3, -0.25) is 0 Å². The summed E-state index contributed by atoms with van der Waals surface area (Å²) in [6, 6.07) is 8.56. The Balaban J connectivity index is 1.94. The molecule has 0 amide bonds. The fraction of sp³-hybridized carbons (Fsp3) is 0.438. The number of nitrogens with one attached hydrogen (secondary N) is 2. The molecule has 0 aliphatic rings. The largest absolute Gasteiger partial charge is 0.344 e. The smallest absolute Gasteiger partial charge is 0.151 e. The van der Waals surface area contributed by atoms with Gasteiger partial charge in [-0.2, -0.15) is 0 Å². The van der Waals surface area contributed by atoms with Crippen LogP contribution in [0.1, 0.15) is 49.8 Å². The summed E-state index contributed by atoms with van der Waals surface area (Å²) in [7, 11) is 0. The molecule has 114 valence electrons. The Kier molecular flexibility index (Phi) is 6.27. The van der Waals surface area contributed by atoms with E-state index < -0.39 is 0 Å². The molecule has 2 aromatic rings. The van der Waals surface area contributed by atoms with E-state index in [1.807, 2.05) is 12.1 Å². The lowest BCUT2D eigenvalue weighted by atomic mass is 10.1. The topological polar surface area (TPSA) is 40.7 Å². The first-order valence-electron chi connectivity index (χ1n) is 7.32. The molecule has 0 unspecified atom stereocenters. The van der Waals surface area contributed by atoms with Crippen LogP contribution in [0.5, 0.6) is 0 Å². The van der Waals surface area contributed by atoms with Gasteiger partial charge in [-0.25, -0.2) is 4.98 Å². The molecule has 2 rings (SSSR count). The molecule has 3 nitrogen and oxygen atoms in total. The predicted molar refractivity (Wildman–Crippen MR) is 91.6 cm³/mol. The number of benzene rings is 1. The molecule has 1 heterocycles. The van der Waals surface area contributed by atoms with Crippen LogP contribution in [0.2, 0.25) is 5.15 Å². The third kappa shape index (κ3) is 4.83. The van der Waals surface area contributed by atoms with E-state index in [2.05, 4.69) is 57.2 Å². The van der Waals surface area contributed by atoms with Crippen molar-refractivity contribution in [2.24, 2.45) is 0 Å². The van der Waals surface area contributed by atoms with Gasteiger partial charge >= 0.3 is 0 Å². The molecule has 0 fully saturated rings. The van der Waals surface area contributed by atoms with Crippen LogP contribution in [0.15, 0.2) is 28.7 Å². The number of imidazole rings is 1. The highest BCUT2D eigenvalue weighted by molar-refractivity contribution is 9.10. The first-order valence-corrected chi connectivity index (χ1v) is 8.49. The Morgan fingerprint density at radius 1 is 1.43 bits per heavy atom. The molecule has 21 heavy (non-hydrogen) atoms. The molecular formula is C16H21BrClN3. The molecule has 0 spiro atoms. The van der Waals surface area contributed by atoms with Crippen LogP contribution in [0.25, 0.3) is 0 Å². The highest BCUT2D eigenvalue weighted by Crippen LogP contribution is 2.19. The molecule has 0 bridgehead atoms. The van der Waals surface area contributed by atoms with Gasteiger partial charge in [-0.05, 0) is 31.0 Å². The van der Waals surface area contributed by atoms with Crippen molar-refractivity contribution in [3.8, 4) is 0 Å². The highest BCUT2D eigenvalue weighted by atomic mass is 79.9. The quantitative estimate of drug-likeness (QED) is 0.718. The van der Waals surface area contributed by atoms with Crippen molar-refractivity contribution in [1.82, 2.24) is 15.3 Å². The Hall–Kier alpha value is -0.840. The van der Waals surface area contributed by atoms with E-state index in [1.165, 1.54) is 5.56 Å².